The minimum atomic E-state index is 0.241. The summed E-state index contributed by atoms with van der Waals surface area (Å²) in [5, 5.41) is 4.99. The first-order valence-electron chi connectivity index (χ1n) is 6.16. The van der Waals surface area contributed by atoms with E-state index in [1.807, 2.05) is 30.0 Å². The molecule has 1 aromatic carbocycles. The minimum absolute atomic E-state index is 0.241. The Morgan fingerprint density at radius 3 is 2.50 bits per heavy atom. The summed E-state index contributed by atoms with van der Waals surface area (Å²) in [5.41, 5.74) is 1.09. The van der Waals surface area contributed by atoms with Crippen molar-refractivity contribution in [2.75, 3.05) is 12.3 Å². The van der Waals surface area contributed by atoms with Gasteiger partial charge >= 0.3 is 0 Å². The van der Waals surface area contributed by atoms with Crippen LogP contribution in [0.15, 0.2) is 18.2 Å². The highest BCUT2D eigenvalue weighted by molar-refractivity contribution is 8.00. The van der Waals surface area contributed by atoms with E-state index in [4.69, 9.17) is 23.2 Å². The lowest BCUT2D eigenvalue weighted by Gasteiger charge is -2.24. The van der Waals surface area contributed by atoms with Crippen LogP contribution in [-0.2, 0) is 0 Å². The van der Waals surface area contributed by atoms with Gasteiger partial charge in [-0.1, -0.05) is 50.9 Å². The zero-order valence-electron chi connectivity index (χ0n) is 11.4. The van der Waals surface area contributed by atoms with Gasteiger partial charge in [0.05, 0.1) is 0 Å². The first-order valence-corrected chi connectivity index (χ1v) is 7.90. The Kier molecular flexibility index (Phi) is 6.32. The van der Waals surface area contributed by atoms with Gasteiger partial charge in [-0.3, -0.25) is 0 Å². The Morgan fingerprint density at radius 2 is 1.94 bits per heavy atom. The highest BCUT2D eigenvalue weighted by Crippen LogP contribution is 2.32. The summed E-state index contributed by atoms with van der Waals surface area (Å²) in [6.45, 7) is 9.69. The first-order chi connectivity index (χ1) is 8.33. The molecule has 1 aromatic rings. The van der Waals surface area contributed by atoms with Crippen LogP contribution in [0.25, 0.3) is 0 Å². The van der Waals surface area contributed by atoms with E-state index in [-0.39, 0.29) is 10.8 Å². The topological polar surface area (TPSA) is 12.0 Å². The molecule has 0 saturated heterocycles. The van der Waals surface area contributed by atoms with Gasteiger partial charge < -0.3 is 5.32 Å². The summed E-state index contributed by atoms with van der Waals surface area (Å²) in [6, 6.07) is 5.89. The highest BCUT2D eigenvalue weighted by Gasteiger charge is 2.18. The molecule has 0 spiro atoms. The normalized spacial score (nSPS) is 13.7. The van der Waals surface area contributed by atoms with Crippen molar-refractivity contribution in [1.29, 1.82) is 0 Å². The second-order valence-corrected chi connectivity index (χ2v) is 7.89. The molecule has 0 aliphatic rings. The van der Waals surface area contributed by atoms with E-state index in [9.17, 15) is 0 Å². The van der Waals surface area contributed by atoms with Crippen LogP contribution in [0.4, 0.5) is 0 Å². The Bertz CT molecular complexity index is 388. The predicted molar refractivity (Wildman–Crippen MR) is 85.1 cm³/mol. The van der Waals surface area contributed by atoms with Crippen LogP contribution in [-0.4, -0.2) is 17.0 Å². The highest BCUT2D eigenvalue weighted by atomic mass is 35.5. The molecular weight excluding hydrogens is 285 g/mol. The van der Waals surface area contributed by atoms with E-state index in [0.717, 1.165) is 27.9 Å². The molecular formula is C14H21Cl2NS. The summed E-state index contributed by atoms with van der Waals surface area (Å²) in [4.78, 5) is 0. The third-order valence-corrected chi connectivity index (χ3v) is 4.41. The fraction of sp³-hybridized carbons (Fsp3) is 0.571. The van der Waals surface area contributed by atoms with Crippen molar-refractivity contribution in [2.45, 2.75) is 38.5 Å². The molecule has 102 valence electrons. The van der Waals surface area contributed by atoms with E-state index in [2.05, 4.69) is 33.0 Å². The zero-order chi connectivity index (χ0) is 13.8. The molecule has 4 heteroatoms. The predicted octanol–water partition coefficient (Wildman–Crippen LogP) is 5.18. The number of hydrogen-bond donors (Lipinski definition) is 1. The largest absolute Gasteiger partial charge is 0.309 e. The summed E-state index contributed by atoms with van der Waals surface area (Å²) in [6.07, 6.45) is 0. The van der Waals surface area contributed by atoms with Crippen molar-refractivity contribution in [3.8, 4) is 0 Å². The lowest BCUT2D eigenvalue weighted by molar-refractivity contribution is 0.603. The molecule has 1 atom stereocenters. The molecule has 0 amide bonds. The molecule has 1 unspecified atom stereocenters. The second kappa shape index (κ2) is 7.04. The molecule has 0 heterocycles. The number of halogens is 2. The lowest BCUT2D eigenvalue weighted by atomic mass is 10.1. The second-order valence-electron chi connectivity index (χ2n) is 5.20. The van der Waals surface area contributed by atoms with Crippen LogP contribution in [0.3, 0.4) is 0 Å². The molecule has 1 rings (SSSR count). The number of benzene rings is 1. The molecule has 0 fully saturated rings. The molecule has 1 nitrogen and oxygen atoms in total. The molecule has 0 aromatic heterocycles. The molecule has 0 radical (unpaired) electrons. The lowest BCUT2D eigenvalue weighted by Crippen LogP contribution is -2.25. The number of rotatable bonds is 5. The summed E-state index contributed by atoms with van der Waals surface area (Å²) < 4.78 is 0.249. The van der Waals surface area contributed by atoms with Crippen LogP contribution < -0.4 is 5.32 Å². The van der Waals surface area contributed by atoms with E-state index < -0.39 is 0 Å². The Morgan fingerprint density at radius 1 is 1.28 bits per heavy atom. The zero-order valence-corrected chi connectivity index (χ0v) is 13.7. The quantitative estimate of drug-likeness (QED) is 0.805. The number of nitrogens with one attached hydrogen (secondary N) is 1. The number of hydrogen-bond acceptors (Lipinski definition) is 2. The van der Waals surface area contributed by atoms with Gasteiger partial charge in [0, 0.05) is 26.6 Å². The minimum Gasteiger partial charge on any atom is -0.309 e. The maximum Gasteiger partial charge on any atom is 0.0455 e. The third kappa shape index (κ3) is 5.40. The molecule has 0 aliphatic heterocycles. The number of thioether (sulfide) groups is 1. The molecule has 0 bridgehead atoms. The van der Waals surface area contributed by atoms with Crippen LogP contribution in [0, 0.1) is 0 Å². The van der Waals surface area contributed by atoms with Crippen LogP contribution >= 0.6 is 35.0 Å². The van der Waals surface area contributed by atoms with Gasteiger partial charge in [-0.2, -0.15) is 11.8 Å². The Balaban J connectivity index is 2.86. The molecule has 0 saturated carbocycles. The third-order valence-electron chi connectivity index (χ3n) is 2.47. The Labute approximate surface area is 125 Å². The average molecular weight is 306 g/mol. The first kappa shape index (κ1) is 16.2. The maximum atomic E-state index is 6.27. The van der Waals surface area contributed by atoms with Gasteiger partial charge in [-0.15, -0.1) is 0 Å². The molecule has 1 N–H and O–H groups in total. The van der Waals surface area contributed by atoms with Crippen molar-refractivity contribution in [1.82, 2.24) is 5.32 Å². The van der Waals surface area contributed by atoms with Crippen LogP contribution in [0.5, 0.6) is 0 Å². The van der Waals surface area contributed by atoms with Gasteiger partial charge in [-0.25, -0.2) is 0 Å². The van der Waals surface area contributed by atoms with Crippen molar-refractivity contribution >= 4 is 35.0 Å². The van der Waals surface area contributed by atoms with Gasteiger partial charge in [0.2, 0.25) is 0 Å². The van der Waals surface area contributed by atoms with Crippen molar-refractivity contribution in [3.63, 3.8) is 0 Å². The van der Waals surface area contributed by atoms with E-state index in [0.29, 0.717) is 0 Å². The molecule has 18 heavy (non-hydrogen) atoms. The standard InChI is InChI=1S/C14H21Cl2NS/c1-5-17-13(9-18-14(2,3)4)11-8-10(15)6-7-12(11)16/h6-8,13,17H,5,9H2,1-4H3. The average Bonchev–Trinajstić information content (AvgIpc) is 2.26. The summed E-state index contributed by atoms with van der Waals surface area (Å²) in [5.74, 6) is 0.984. The van der Waals surface area contributed by atoms with Crippen LogP contribution in [0.1, 0.15) is 39.3 Å². The van der Waals surface area contributed by atoms with E-state index in [1.165, 1.54) is 0 Å². The van der Waals surface area contributed by atoms with Gasteiger partial charge in [0.25, 0.3) is 0 Å². The SMILES string of the molecule is CCNC(CSC(C)(C)C)c1cc(Cl)ccc1Cl. The Hall–Kier alpha value is 0.110. The van der Waals surface area contributed by atoms with Gasteiger partial charge in [0.15, 0.2) is 0 Å². The van der Waals surface area contributed by atoms with Gasteiger partial charge in [-0.05, 0) is 30.3 Å². The summed E-state index contributed by atoms with van der Waals surface area (Å²) in [7, 11) is 0. The molecule has 0 aliphatic carbocycles. The fourth-order valence-corrected chi connectivity index (χ4v) is 3.01. The van der Waals surface area contributed by atoms with E-state index >= 15 is 0 Å². The van der Waals surface area contributed by atoms with Crippen molar-refractivity contribution < 1.29 is 0 Å². The smallest absolute Gasteiger partial charge is 0.0455 e. The maximum absolute atomic E-state index is 6.27. The van der Waals surface area contributed by atoms with Crippen molar-refractivity contribution in [3.05, 3.63) is 33.8 Å². The van der Waals surface area contributed by atoms with Crippen LogP contribution in [0.2, 0.25) is 10.0 Å². The fourth-order valence-electron chi connectivity index (χ4n) is 1.62. The van der Waals surface area contributed by atoms with E-state index in [1.54, 1.807) is 0 Å². The van der Waals surface area contributed by atoms with Crippen molar-refractivity contribution in [2.24, 2.45) is 0 Å². The monoisotopic (exact) mass is 305 g/mol. The summed E-state index contributed by atoms with van der Waals surface area (Å²) >= 11 is 14.3. The van der Waals surface area contributed by atoms with Gasteiger partial charge in [0.1, 0.15) is 0 Å².